The van der Waals surface area contributed by atoms with Gasteiger partial charge in [-0.05, 0) is 49.7 Å². The molecule has 0 N–H and O–H groups in total. The van der Waals surface area contributed by atoms with Gasteiger partial charge in [-0.3, -0.25) is 0 Å². The minimum absolute atomic E-state index is 0.117. The second-order valence-electron chi connectivity index (χ2n) is 7.29. The number of hydrogen-bond donors (Lipinski definition) is 0. The van der Waals surface area contributed by atoms with Gasteiger partial charge in [0, 0.05) is 30.7 Å². The van der Waals surface area contributed by atoms with Gasteiger partial charge in [0.1, 0.15) is 6.26 Å². The van der Waals surface area contributed by atoms with E-state index in [1.54, 1.807) is 26.5 Å². The number of fused-ring (bicyclic) bond motifs is 1. The van der Waals surface area contributed by atoms with Crippen molar-refractivity contribution in [1.29, 1.82) is 0 Å². The molecule has 1 aliphatic heterocycles. The van der Waals surface area contributed by atoms with E-state index in [1.807, 2.05) is 23.6 Å². The Bertz CT molecular complexity index is 1110. The van der Waals surface area contributed by atoms with E-state index in [9.17, 15) is 0 Å². The number of aromatic nitrogens is 2. The monoisotopic (exact) mass is 431 g/mol. The van der Waals surface area contributed by atoms with E-state index in [2.05, 4.69) is 24.0 Å². The third-order valence-electron chi connectivity index (χ3n) is 5.27. The van der Waals surface area contributed by atoms with Crippen molar-refractivity contribution in [3.63, 3.8) is 0 Å². The molecule has 7 heteroatoms. The van der Waals surface area contributed by atoms with E-state index in [0.29, 0.717) is 10.0 Å². The highest BCUT2D eigenvalue weighted by Gasteiger charge is 2.30. The smallest absolute Gasteiger partial charge is 0.102 e. The molecular formula is C22H23Cl2N3O2. The molecule has 0 bridgehead atoms. The Labute approximate surface area is 180 Å². The van der Waals surface area contributed by atoms with Gasteiger partial charge in [0.05, 0.1) is 46.5 Å². The quantitative estimate of drug-likeness (QED) is 0.501. The molecule has 1 aromatic carbocycles. The van der Waals surface area contributed by atoms with Crippen LogP contribution in [0.2, 0.25) is 10.0 Å². The van der Waals surface area contributed by atoms with Crippen LogP contribution in [0.3, 0.4) is 0 Å². The van der Waals surface area contributed by atoms with Gasteiger partial charge in [0.15, 0.2) is 0 Å². The SMILES string of the molecule is CO/C=C1\C[C@@H](OC)CN1c1cc(C)nn2c(-c3ccc(Cl)cc3Cl)c(C)cc12. The van der Waals surface area contributed by atoms with Crippen molar-refractivity contribution >= 4 is 34.4 Å². The predicted molar refractivity (Wildman–Crippen MR) is 118 cm³/mol. The molecule has 3 heterocycles. The van der Waals surface area contributed by atoms with Crippen LogP contribution in [0.15, 0.2) is 42.3 Å². The Morgan fingerprint density at radius 2 is 1.93 bits per heavy atom. The highest BCUT2D eigenvalue weighted by molar-refractivity contribution is 6.36. The van der Waals surface area contributed by atoms with E-state index in [4.69, 9.17) is 37.8 Å². The molecule has 152 valence electrons. The molecule has 0 unspecified atom stereocenters. The summed E-state index contributed by atoms with van der Waals surface area (Å²) in [5.74, 6) is 0. The molecule has 0 saturated carbocycles. The van der Waals surface area contributed by atoms with Crippen LogP contribution >= 0.6 is 23.2 Å². The highest BCUT2D eigenvalue weighted by atomic mass is 35.5. The van der Waals surface area contributed by atoms with Gasteiger partial charge in [-0.1, -0.05) is 23.2 Å². The summed E-state index contributed by atoms with van der Waals surface area (Å²) in [7, 11) is 3.41. The first-order chi connectivity index (χ1) is 13.9. The van der Waals surface area contributed by atoms with Gasteiger partial charge in [-0.25, -0.2) is 4.52 Å². The Balaban J connectivity index is 1.93. The minimum Gasteiger partial charge on any atom is -0.503 e. The van der Waals surface area contributed by atoms with Crippen molar-refractivity contribution in [1.82, 2.24) is 9.61 Å². The first kappa shape index (κ1) is 20.1. The Morgan fingerprint density at radius 3 is 2.62 bits per heavy atom. The molecule has 1 fully saturated rings. The lowest BCUT2D eigenvalue weighted by Crippen LogP contribution is -2.22. The molecule has 3 aromatic rings. The number of ether oxygens (including phenoxy) is 2. The molecule has 0 spiro atoms. The van der Waals surface area contributed by atoms with Crippen molar-refractivity contribution in [3.05, 3.63) is 63.6 Å². The van der Waals surface area contributed by atoms with Crippen LogP contribution in [0.1, 0.15) is 17.7 Å². The van der Waals surface area contributed by atoms with Crippen molar-refractivity contribution in [2.24, 2.45) is 0 Å². The molecular weight excluding hydrogens is 409 g/mol. The lowest BCUT2D eigenvalue weighted by Gasteiger charge is -2.22. The van der Waals surface area contributed by atoms with Crippen molar-refractivity contribution in [2.45, 2.75) is 26.4 Å². The molecule has 2 aromatic heterocycles. The number of anilines is 1. The second-order valence-corrected chi connectivity index (χ2v) is 8.13. The Morgan fingerprint density at radius 1 is 1.14 bits per heavy atom. The summed E-state index contributed by atoms with van der Waals surface area (Å²) in [4.78, 5) is 2.24. The minimum atomic E-state index is 0.117. The maximum absolute atomic E-state index is 6.52. The standard InChI is InChI=1S/C22H23Cl2N3O2/c1-13-7-21-20(26-11-17(29-4)10-16(26)12-28-3)8-14(2)25-27(21)22(13)18-6-5-15(23)9-19(18)24/h5-9,12,17H,10-11H2,1-4H3/b16-12+/t17-/m1/s1. The molecule has 29 heavy (non-hydrogen) atoms. The zero-order valence-electron chi connectivity index (χ0n) is 16.9. The van der Waals surface area contributed by atoms with Crippen molar-refractivity contribution < 1.29 is 9.47 Å². The number of methoxy groups -OCH3 is 2. The Hall–Kier alpha value is -2.21. The van der Waals surface area contributed by atoms with Crippen molar-refractivity contribution in [2.75, 3.05) is 25.7 Å². The van der Waals surface area contributed by atoms with Gasteiger partial charge in [-0.2, -0.15) is 5.10 Å². The third kappa shape index (κ3) is 3.59. The van der Waals surface area contributed by atoms with Crippen LogP contribution in [0.5, 0.6) is 0 Å². The number of rotatable bonds is 4. The zero-order valence-corrected chi connectivity index (χ0v) is 18.4. The summed E-state index contributed by atoms with van der Waals surface area (Å²) in [5.41, 5.74) is 7.03. The van der Waals surface area contributed by atoms with E-state index < -0.39 is 0 Å². The van der Waals surface area contributed by atoms with Gasteiger partial charge < -0.3 is 14.4 Å². The van der Waals surface area contributed by atoms with Crippen molar-refractivity contribution in [3.8, 4) is 11.3 Å². The fourth-order valence-electron chi connectivity index (χ4n) is 3.98. The van der Waals surface area contributed by atoms with Crippen LogP contribution in [-0.2, 0) is 9.47 Å². The van der Waals surface area contributed by atoms with Crippen LogP contribution in [0.25, 0.3) is 16.8 Å². The molecule has 1 aliphatic rings. The third-order valence-corrected chi connectivity index (χ3v) is 5.81. The number of halogens is 2. The topological polar surface area (TPSA) is 39.0 Å². The van der Waals surface area contributed by atoms with E-state index >= 15 is 0 Å². The largest absolute Gasteiger partial charge is 0.503 e. The molecule has 0 radical (unpaired) electrons. The molecule has 1 atom stereocenters. The lowest BCUT2D eigenvalue weighted by molar-refractivity contribution is 0.122. The second kappa shape index (κ2) is 7.90. The van der Waals surface area contributed by atoms with E-state index in [1.165, 1.54) is 0 Å². The van der Waals surface area contributed by atoms with E-state index in [0.717, 1.165) is 52.4 Å². The van der Waals surface area contributed by atoms with Crippen LogP contribution in [-0.4, -0.2) is 36.5 Å². The van der Waals surface area contributed by atoms with Gasteiger partial charge in [0.25, 0.3) is 0 Å². The molecule has 4 rings (SSSR count). The molecule has 5 nitrogen and oxygen atoms in total. The van der Waals surface area contributed by atoms with E-state index in [-0.39, 0.29) is 6.10 Å². The zero-order chi connectivity index (χ0) is 20.7. The van der Waals surface area contributed by atoms with Crippen LogP contribution in [0, 0.1) is 13.8 Å². The predicted octanol–water partition coefficient (Wildman–Crippen LogP) is 5.64. The summed E-state index contributed by atoms with van der Waals surface area (Å²) in [6, 6.07) is 9.80. The van der Waals surface area contributed by atoms with Gasteiger partial charge >= 0.3 is 0 Å². The summed E-state index contributed by atoms with van der Waals surface area (Å²) < 4.78 is 12.9. The summed E-state index contributed by atoms with van der Waals surface area (Å²) >= 11 is 12.6. The van der Waals surface area contributed by atoms with Gasteiger partial charge in [0.2, 0.25) is 0 Å². The first-order valence-corrected chi connectivity index (χ1v) is 10.2. The molecule has 1 saturated heterocycles. The average Bonchev–Trinajstić information content (AvgIpc) is 3.22. The maximum atomic E-state index is 6.52. The molecule has 0 aliphatic carbocycles. The fourth-order valence-corrected chi connectivity index (χ4v) is 4.48. The number of aryl methyl sites for hydroxylation is 2. The molecule has 0 amide bonds. The summed E-state index contributed by atoms with van der Waals surface area (Å²) in [5, 5.41) is 6.01. The summed E-state index contributed by atoms with van der Waals surface area (Å²) in [6.07, 6.45) is 2.71. The number of nitrogens with zero attached hydrogens (tertiary/aromatic N) is 3. The Kier molecular flexibility index (Phi) is 5.47. The first-order valence-electron chi connectivity index (χ1n) is 9.40. The van der Waals surface area contributed by atoms with Crippen LogP contribution in [0.4, 0.5) is 5.69 Å². The highest BCUT2D eigenvalue weighted by Crippen LogP contribution is 2.39. The summed E-state index contributed by atoms with van der Waals surface area (Å²) in [6.45, 7) is 4.82. The lowest BCUT2D eigenvalue weighted by atomic mass is 10.1. The van der Waals surface area contributed by atoms with Gasteiger partial charge in [-0.15, -0.1) is 0 Å². The maximum Gasteiger partial charge on any atom is 0.102 e. The fraction of sp³-hybridized carbons (Fsp3) is 0.318. The number of benzene rings is 1. The number of hydrogen-bond acceptors (Lipinski definition) is 4. The van der Waals surface area contributed by atoms with Crippen LogP contribution < -0.4 is 4.90 Å². The average molecular weight is 432 g/mol. The normalized spacial score (nSPS) is 18.2.